The number of esters is 1. The number of ether oxygens (including phenoxy) is 1. The first kappa shape index (κ1) is 14.4. The van der Waals surface area contributed by atoms with Crippen LogP contribution >= 0.6 is 0 Å². The summed E-state index contributed by atoms with van der Waals surface area (Å²) in [7, 11) is 0. The Morgan fingerprint density at radius 1 is 1.24 bits per heavy atom. The summed E-state index contributed by atoms with van der Waals surface area (Å²) in [4.78, 5) is 12.2. The number of fused-ring (bicyclic) bond motifs is 1. The minimum atomic E-state index is -0.125. The van der Waals surface area contributed by atoms with Gasteiger partial charge in [-0.25, -0.2) is 0 Å². The number of nitrogens with one attached hydrogen (secondary N) is 3. The van der Waals surface area contributed by atoms with E-state index in [2.05, 4.69) is 16.0 Å². The molecule has 1 aromatic rings. The standard InChI is InChI=1S/C16H23N3O2/c20-16(10-12-11-17-8-9-18-12)21-15-6-3-7-19-14-5-2-1-4-13(14)15/h1-2,4-5,12,15,17-19H,3,6-11H2. The van der Waals surface area contributed by atoms with E-state index in [9.17, 15) is 4.79 Å². The lowest BCUT2D eigenvalue weighted by molar-refractivity contribution is -0.150. The van der Waals surface area contributed by atoms with E-state index in [1.54, 1.807) is 0 Å². The van der Waals surface area contributed by atoms with Gasteiger partial charge in [0, 0.05) is 43.5 Å². The van der Waals surface area contributed by atoms with Gasteiger partial charge < -0.3 is 20.7 Å². The summed E-state index contributed by atoms with van der Waals surface area (Å²) in [6, 6.07) is 8.29. The number of benzene rings is 1. The van der Waals surface area contributed by atoms with Crippen LogP contribution in [0.5, 0.6) is 0 Å². The van der Waals surface area contributed by atoms with Crippen molar-refractivity contribution in [3.05, 3.63) is 29.8 Å². The first-order valence-electron chi connectivity index (χ1n) is 7.79. The Balaban J connectivity index is 1.62. The second kappa shape index (κ2) is 6.91. The number of carbonyl (C=O) groups is 1. The van der Waals surface area contributed by atoms with Gasteiger partial charge in [-0.3, -0.25) is 4.79 Å². The fraction of sp³-hybridized carbons (Fsp3) is 0.562. The smallest absolute Gasteiger partial charge is 0.308 e. The molecule has 0 radical (unpaired) electrons. The van der Waals surface area contributed by atoms with Crippen molar-refractivity contribution >= 4 is 11.7 Å². The molecule has 3 N–H and O–H groups in total. The van der Waals surface area contributed by atoms with Crippen LogP contribution in [0.25, 0.3) is 0 Å². The van der Waals surface area contributed by atoms with Crippen LogP contribution in [-0.4, -0.2) is 38.2 Å². The highest BCUT2D eigenvalue weighted by Crippen LogP contribution is 2.32. The summed E-state index contributed by atoms with van der Waals surface area (Å²) in [6.07, 6.45) is 2.20. The average Bonchev–Trinajstić information content (AvgIpc) is 2.71. The highest BCUT2D eigenvalue weighted by molar-refractivity contribution is 5.71. The van der Waals surface area contributed by atoms with Gasteiger partial charge in [0.05, 0.1) is 6.42 Å². The van der Waals surface area contributed by atoms with Crippen molar-refractivity contribution in [2.45, 2.75) is 31.4 Å². The van der Waals surface area contributed by atoms with Crippen LogP contribution in [0.1, 0.15) is 30.9 Å². The Bertz CT molecular complexity index is 486. The summed E-state index contributed by atoms with van der Waals surface area (Å²) >= 11 is 0. The van der Waals surface area contributed by atoms with Gasteiger partial charge in [-0.05, 0) is 18.9 Å². The van der Waals surface area contributed by atoms with E-state index in [1.165, 1.54) is 0 Å². The predicted molar refractivity (Wildman–Crippen MR) is 82.3 cm³/mol. The van der Waals surface area contributed by atoms with E-state index in [4.69, 9.17) is 4.74 Å². The summed E-state index contributed by atoms with van der Waals surface area (Å²) in [6.45, 7) is 3.64. The largest absolute Gasteiger partial charge is 0.457 e. The lowest BCUT2D eigenvalue weighted by atomic mass is 10.0. The van der Waals surface area contributed by atoms with E-state index >= 15 is 0 Å². The molecular weight excluding hydrogens is 266 g/mol. The monoisotopic (exact) mass is 289 g/mol. The van der Waals surface area contributed by atoms with E-state index < -0.39 is 0 Å². The fourth-order valence-electron chi connectivity index (χ4n) is 2.99. The molecule has 2 unspecified atom stereocenters. The second-order valence-electron chi connectivity index (χ2n) is 5.69. The lowest BCUT2D eigenvalue weighted by Crippen LogP contribution is -2.49. The molecule has 5 nitrogen and oxygen atoms in total. The number of piperazine rings is 1. The third kappa shape index (κ3) is 3.74. The van der Waals surface area contributed by atoms with E-state index in [0.717, 1.165) is 50.3 Å². The normalized spacial score (nSPS) is 25.3. The molecule has 1 fully saturated rings. The quantitative estimate of drug-likeness (QED) is 0.735. The first-order chi connectivity index (χ1) is 10.3. The summed E-state index contributed by atoms with van der Waals surface area (Å²) < 4.78 is 5.75. The van der Waals surface area contributed by atoms with Gasteiger partial charge >= 0.3 is 5.97 Å². The zero-order chi connectivity index (χ0) is 14.5. The van der Waals surface area contributed by atoms with E-state index in [0.29, 0.717) is 6.42 Å². The Morgan fingerprint density at radius 3 is 3.00 bits per heavy atom. The molecule has 5 heteroatoms. The second-order valence-corrected chi connectivity index (χ2v) is 5.69. The van der Waals surface area contributed by atoms with Crippen LogP contribution in [0.3, 0.4) is 0 Å². The van der Waals surface area contributed by atoms with Gasteiger partial charge in [0.1, 0.15) is 6.10 Å². The third-order valence-electron chi connectivity index (χ3n) is 4.08. The van der Waals surface area contributed by atoms with Crippen LogP contribution in [0.2, 0.25) is 0 Å². The van der Waals surface area contributed by atoms with E-state index in [-0.39, 0.29) is 18.1 Å². The van der Waals surface area contributed by atoms with Gasteiger partial charge in [0.25, 0.3) is 0 Å². The zero-order valence-electron chi connectivity index (χ0n) is 12.2. The molecule has 0 aromatic heterocycles. The molecule has 0 amide bonds. The Morgan fingerprint density at radius 2 is 2.14 bits per heavy atom. The lowest BCUT2D eigenvalue weighted by Gasteiger charge is -2.25. The Kier molecular flexibility index (Phi) is 4.72. The van der Waals surface area contributed by atoms with Crippen molar-refractivity contribution in [1.29, 1.82) is 0 Å². The average molecular weight is 289 g/mol. The number of hydrogen-bond donors (Lipinski definition) is 3. The molecule has 3 rings (SSSR count). The van der Waals surface area contributed by atoms with Crippen LogP contribution in [-0.2, 0) is 9.53 Å². The molecule has 114 valence electrons. The summed E-state index contributed by atoms with van der Waals surface area (Å²) in [5.74, 6) is -0.113. The van der Waals surface area contributed by atoms with Crippen LogP contribution in [0.4, 0.5) is 5.69 Å². The minimum Gasteiger partial charge on any atom is -0.457 e. The molecule has 21 heavy (non-hydrogen) atoms. The van der Waals surface area contributed by atoms with Crippen molar-refractivity contribution in [3.63, 3.8) is 0 Å². The highest BCUT2D eigenvalue weighted by Gasteiger charge is 2.24. The topological polar surface area (TPSA) is 62.4 Å². The molecule has 2 heterocycles. The Labute approximate surface area is 125 Å². The predicted octanol–water partition coefficient (Wildman–Crippen LogP) is 1.43. The molecule has 0 bridgehead atoms. The zero-order valence-corrected chi connectivity index (χ0v) is 12.2. The summed E-state index contributed by atoms with van der Waals surface area (Å²) in [5.41, 5.74) is 2.18. The summed E-state index contributed by atoms with van der Waals surface area (Å²) in [5, 5.41) is 10.0. The first-order valence-corrected chi connectivity index (χ1v) is 7.79. The van der Waals surface area contributed by atoms with Gasteiger partial charge in [-0.15, -0.1) is 0 Å². The number of rotatable bonds is 3. The van der Waals surface area contributed by atoms with Crippen LogP contribution < -0.4 is 16.0 Å². The van der Waals surface area contributed by atoms with Crippen LogP contribution in [0.15, 0.2) is 24.3 Å². The van der Waals surface area contributed by atoms with Crippen molar-refractivity contribution in [1.82, 2.24) is 10.6 Å². The molecule has 1 aromatic carbocycles. The molecule has 2 aliphatic rings. The molecule has 2 aliphatic heterocycles. The fourth-order valence-corrected chi connectivity index (χ4v) is 2.99. The van der Waals surface area contributed by atoms with Gasteiger partial charge in [-0.1, -0.05) is 18.2 Å². The van der Waals surface area contributed by atoms with Crippen LogP contribution in [0, 0.1) is 0 Å². The van der Waals surface area contributed by atoms with Gasteiger partial charge in [0.2, 0.25) is 0 Å². The maximum absolute atomic E-state index is 12.2. The number of hydrogen-bond acceptors (Lipinski definition) is 5. The number of para-hydroxylation sites is 1. The maximum atomic E-state index is 12.2. The highest BCUT2D eigenvalue weighted by atomic mass is 16.5. The third-order valence-corrected chi connectivity index (χ3v) is 4.08. The van der Waals surface area contributed by atoms with Gasteiger partial charge in [0.15, 0.2) is 0 Å². The van der Waals surface area contributed by atoms with E-state index in [1.807, 2.05) is 24.3 Å². The number of carbonyl (C=O) groups excluding carboxylic acids is 1. The maximum Gasteiger partial charge on any atom is 0.308 e. The molecule has 0 saturated carbocycles. The SMILES string of the molecule is O=C(CC1CNCCN1)OC1CCCNc2ccccc21. The molecule has 0 aliphatic carbocycles. The molecular formula is C16H23N3O2. The number of anilines is 1. The van der Waals surface area contributed by atoms with Crippen molar-refractivity contribution in [2.24, 2.45) is 0 Å². The molecule has 0 spiro atoms. The van der Waals surface area contributed by atoms with Crippen molar-refractivity contribution in [3.8, 4) is 0 Å². The molecule has 1 saturated heterocycles. The van der Waals surface area contributed by atoms with Crippen molar-refractivity contribution in [2.75, 3.05) is 31.5 Å². The van der Waals surface area contributed by atoms with Crippen molar-refractivity contribution < 1.29 is 9.53 Å². The minimum absolute atomic E-state index is 0.113. The Hall–Kier alpha value is -1.59. The van der Waals surface area contributed by atoms with Gasteiger partial charge in [-0.2, -0.15) is 0 Å². The molecule has 2 atom stereocenters.